The maximum atomic E-state index is 13.4. The molecule has 116 valence electrons. The van der Waals surface area contributed by atoms with E-state index in [0.29, 0.717) is 12.1 Å². The first-order valence-corrected chi connectivity index (χ1v) is 8.57. The molecule has 0 spiro atoms. The van der Waals surface area contributed by atoms with E-state index < -0.39 is 27.7 Å². The summed E-state index contributed by atoms with van der Waals surface area (Å²) in [6.45, 7) is 0.534. The second-order valence-corrected chi connectivity index (χ2v) is 7.72. The largest absolute Gasteiger partial charge is 0.481 e. The van der Waals surface area contributed by atoms with Gasteiger partial charge >= 0.3 is 5.97 Å². The van der Waals surface area contributed by atoms with Crippen molar-refractivity contribution in [2.45, 2.75) is 19.0 Å². The zero-order valence-electron chi connectivity index (χ0n) is 11.1. The van der Waals surface area contributed by atoms with Crippen molar-refractivity contribution in [1.29, 1.82) is 0 Å². The second-order valence-electron chi connectivity index (χ2n) is 5.08. The Bertz CT molecular complexity index is 650. The van der Waals surface area contributed by atoms with Gasteiger partial charge in [-0.25, -0.2) is 12.8 Å². The molecule has 1 saturated heterocycles. The van der Waals surface area contributed by atoms with Crippen LogP contribution in [0.15, 0.2) is 18.2 Å². The van der Waals surface area contributed by atoms with Crippen LogP contribution in [0.25, 0.3) is 0 Å². The third-order valence-corrected chi connectivity index (χ3v) is 5.44. The smallest absolute Gasteiger partial charge is 0.304 e. The summed E-state index contributed by atoms with van der Waals surface area (Å²) in [5.74, 6) is -1.80. The van der Waals surface area contributed by atoms with E-state index >= 15 is 0 Å². The predicted molar refractivity (Wildman–Crippen MR) is 76.5 cm³/mol. The fourth-order valence-corrected chi connectivity index (χ4v) is 4.10. The van der Waals surface area contributed by atoms with Gasteiger partial charge in [0.1, 0.15) is 5.82 Å². The molecule has 1 aliphatic rings. The van der Waals surface area contributed by atoms with E-state index in [-0.39, 0.29) is 29.5 Å². The normalized spacial score (nSPS) is 22.1. The average molecular weight is 336 g/mol. The Hall–Kier alpha value is -1.18. The molecule has 1 fully saturated rings. The lowest BCUT2D eigenvalue weighted by atomic mass is 10.1. The molecule has 0 amide bonds. The minimum Gasteiger partial charge on any atom is -0.481 e. The van der Waals surface area contributed by atoms with Gasteiger partial charge in [-0.1, -0.05) is 17.7 Å². The Balaban J connectivity index is 2.15. The molecule has 1 aromatic rings. The van der Waals surface area contributed by atoms with Crippen molar-refractivity contribution in [3.8, 4) is 0 Å². The van der Waals surface area contributed by atoms with Crippen LogP contribution >= 0.6 is 11.6 Å². The molecule has 0 radical (unpaired) electrons. The maximum Gasteiger partial charge on any atom is 0.304 e. The number of halogens is 2. The number of carboxylic acids is 1. The SMILES string of the molecule is O=C(O)CC1CS(=O)(=O)CCN1Cc1ccc(Cl)c(F)c1. The molecule has 1 atom stereocenters. The molecule has 1 unspecified atom stereocenters. The highest BCUT2D eigenvalue weighted by atomic mass is 35.5. The van der Waals surface area contributed by atoms with Gasteiger partial charge in [0, 0.05) is 19.1 Å². The molecular weight excluding hydrogens is 321 g/mol. The fourth-order valence-electron chi connectivity index (χ4n) is 2.39. The monoisotopic (exact) mass is 335 g/mol. The lowest BCUT2D eigenvalue weighted by molar-refractivity contribution is -0.138. The standard InChI is InChI=1S/C13H15ClFNO4S/c14-11-2-1-9(5-12(11)15)7-16-3-4-21(19,20)8-10(16)6-13(17)18/h1-2,5,10H,3-4,6-8H2,(H,17,18). The van der Waals surface area contributed by atoms with Crippen molar-refractivity contribution < 1.29 is 22.7 Å². The van der Waals surface area contributed by atoms with Gasteiger partial charge in [0.15, 0.2) is 9.84 Å². The first-order chi connectivity index (χ1) is 9.77. The summed E-state index contributed by atoms with van der Waals surface area (Å²) in [6.07, 6.45) is -0.255. The second kappa shape index (κ2) is 6.29. The van der Waals surface area contributed by atoms with Gasteiger partial charge in [0.25, 0.3) is 0 Å². The summed E-state index contributed by atoms with van der Waals surface area (Å²) < 4.78 is 36.7. The lowest BCUT2D eigenvalue weighted by Crippen LogP contribution is -2.48. The van der Waals surface area contributed by atoms with Gasteiger partial charge in [-0.05, 0) is 17.7 Å². The first kappa shape index (κ1) is 16.2. The van der Waals surface area contributed by atoms with Gasteiger partial charge < -0.3 is 5.11 Å². The van der Waals surface area contributed by atoms with Crippen LogP contribution in [0, 0.1) is 5.82 Å². The van der Waals surface area contributed by atoms with Crippen LogP contribution in [-0.2, 0) is 21.2 Å². The molecule has 1 heterocycles. The third-order valence-electron chi connectivity index (χ3n) is 3.43. The summed E-state index contributed by atoms with van der Waals surface area (Å²) in [6, 6.07) is 3.76. The summed E-state index contributed by atoms with van der Waals surface area (Å²) in [5.41, 5.74) is 0.631. The van der Waals surface area contributed by atoms with Crippen molar-refractivity contribution >= 4 is 27.4 Å². The molecule has 0 aliphatic carbocycles. The van der Waals surface area contributed by atoms with Crippen LogP contribution < -0.4 is 0 Å². The fraction of sp³-hybridized carbons (Fsp3) is 0.462. The van der Waals surface area contributed by atoms with Gasteiger partial charge in [0.2, 0.25) is 0 Å². The highest BCUT2D eigenvalue weighted by Gasteiger charge is 2.32. The molecule has 1 aromatic carbocycles. The van der Waals surface area contributed by atoms with E-state index in [1.54, 1.807) is 11.0 Å². The molecule has 0 bridgehead atoms. The summed E-state index contributed by atoms with van der Waals surface area (Å²) >= 11 is 5.61. The maximum absolute atomic E-state index is 13.4. The summed E-state index contributed by atoms with van der Waals surface area (Å²) in [5, 5.41) is 8.92. The van der Waals surface area contributed by atoms with E-state index in [1.807, 2.05) is 0 Å². The van der Waals surface area contributed by atoms with Crippen LogP contribution in [0.2, 0.25) is 5.02 Å². The summed E-state index contributed by atoms with van der Waals surface area (Å²) in [7, 11) is -3.22. The van der Waals surface area contributed by atoms with Crippen LogP contribution in [-0.4, -0.2) is 48.5 Å². The Kier molecular flexibility index (Phi) is 4.85. The molecule has 5 nitrogen and oxygen atoms in total. The number of carboxylic acid groups (broad SMARTS) is 1. The van der Waals surface area contributed by atoms with E-state index in [4.69, 9.17) is 16.7 Å². The number of benzene rings is 1. The molecule has 0 saturated carbocycles. The van der Waals surface area contributed by atoms with Crippen molar-refractivity contribution in [1.82, 2.24) is 4.90 Å². The molecule has 2 rings (SSSR count). The number of nitrogens with zero attached hydrogens (tertiary/aromatic N) is 1. The number of carbonyl (C=O) groups is 1. The Labute approximate surface area is 127 Å². The molecule has 1 N–H and O–H groups in total. The van der Waals surface area contributed by atoms with Gasteiger partial charge in [-0.15, -0.1) is 0 Å². The van der Waals surface area contributed by atoms with Crippen LogP contribution in [0.1, 0.15) is 12.0 Å². The van der Waals surface area contributed by atoms with Gasteiger partial charge in [-0.3, -0.25) is 9.69 Å². The number of hydrogen-bond donors (Lipinski definition) is 1. The number of hydrogen-bond acceptors (Lipinski definition) is 4. The molecule has 8 heteroatoms. The minimum absolute atomic E-state index is 0.0147. The number of sulfone groups is 1. The minimum atomic E-state index is -3.22. The molecule has 0 aromatic heterocycles. The highest BCUT2D eigenvalue weighted by molar-refractivity contribution is 7.91. The Morgan fingerprint density at radius 1 is 1.48 bits per heavy atom. The quantitative estimate of drug-likeness (QED) is 0.903. The van der Waals surface area contributed by atoms with Crippen molar-refractivity contribution in [3.63, 3.8) is 0 Å². The zero-order chi connectivity index (χ0) is 15.6. The van der Waals surface area contributed by atoms with Crippen molar-refractivity contribution in [3.05, 3.63) is 34.6 Å². The number of aliphatic carboxylic acids is 1. The van der Waals surface area contributed by atoms with E-state index in [1.165, 1.54) is 12.1 Å². The van der Waals surface area contributed by atoms with Crippen LogP contribution in [0.3, 0.4) is 0 Å². The Morgan fingerprint density at radius 2 is 2.19 bits per heavy atom. The van der Waals surface area contributed by atoms with Crippen LogP contribution in [0.4, 0.5) is 4.39 Å². The molecule has 1 aliphatic heterocycles. The molecule has 21 heavy (non-hydrogen) atoms. The predicted octanol–water partition coefficient (Wildman–Crippen LogP) is 1.55. The van der Waals surface area contributed by atoms with Crippen molar-refractivity contribution in [2.75, 3.05) is 18.1 Å². The third kappa shape index (κ3) is 4.39. The van der Waals surface area contributed by atoms with Gasteiger partial charge in [-0.2, -0.15) is 0 Å². The molecular formula is C13H15ClFNO4S. The Morgan fingerprint density at radius 3 is 2.81 bits per heavy atom. The van der Waals surface area contributed by atoms with Crippen LogP contribution in [0.5, 0.6) is 0 Å². The van der Waals surface area contributed by atoms with E-state index in [2.05, 4.69) is 0 Å². The lowest BCUT2D eigenvalue weighted by Gasteiger charge is -2.34. The average Bonchev–Trinajstić information content (AvgIpc) is 2.36. The number of rotatable bonds is 4. The zero-order valence-corrected chi connectivity index (χ0v) is 12.7. The first-order valence-electron chi connectivity index (χ1n) is 6.37. The van der Waals surface area contributed by atoms with Crippen molar-refractivity contribution in [2.24, 2.45) is 0 Å². The van der Waals surface area contributed by atoms with Gasteiger partial charge in [0.05, 0.1) is 22.9 Å². The van der Waals surface area contributed by atoms with E-state index in [9.17, 15) is 17.6 Å². The summed E-state index contributed by atoms with van der Waals surface area (Å²) in [4.78, 5) is 12.6. The van der Waals surface area contributed by atoms with E-state index in [0.717, 1.165) is 0 Å². The topological polar surface area (TPSA) is 74.7 Å². The highest BCUT2D eigenvalue weighted by Crippen LogP contribution is 2.21.